The van der Waals surface area contributed by atoms with Crippen molar-refractivity contribution in [1.29, 1.82) is 0 Å². The van der Waals surface area contributed by atoms with Crippen LogP contribution in [0.2, 0.25) is 0 Å². The summed E-state index contributed by atoms with van der Waals surface area (Å²) in [6.45, 7) is 6.93. The zero-order chi connectivity index (χ0) is 15.0. The number of nitrogens with one attached hydrogen (secondary N) is 1. The first kappa shape index (κ1) is 16.1. The second-order valence-electron chi connectivity index (χ2n) is 5.83. The molecule has 0 spiro atoms. The molecule has 0 aromatic carbocycles. The second kappa shape index (κ2) is 7.62. The maximum absolute atomic E-state index is 11.6. The molecule has 1 N–H and O–H groups in total. The largest absolute Gasteiger partial charge is 0.449 e. The molecular weight excluding hydrogens is 256 g/mol. The number of nitrogens with zero attached hydrogens (tertiary/aromatic N) is 1. The number of rotatable bonds is 6. The van der Waals surface area contributed by atoms with E-state index in [0.717, 1.165) is 19.3 Å². The standard InChI is InChI=1S/C15H22N2O3/c1-15(2,3)8-4-5-10-20-14(19)17-12-7-6-9-16-13(12)11-18/h6-7,9,11H,4-5,8,10H2,1-3H3,(H,17,19). The molecule has 1 aromatic heterocycles. The van der Waals surface area contributed by atoms with Gasteiger partial charge in [0.25, 0.3) is 0 Å². The van der Waals surface area contributed by atoms with Gasteiger partial charge < -0.3 is 4.74 Å². The lowest BCUT2D eigenvalue weighted by Gasteiger charge is -2.17. The minimum Gasteiger partial charge on any atom is -0.449 e. The van der Waals surface area contributed by atoms with Gasteiger partial charge in [0.1, 0.15) is 5.69 Å². The van der Waals surface area contributed by atoms with Crippen LogP contribution >= 0.6 is 0 Å². The molecule has 110 valence electrons. The molecule has 20 heavy (non-hydrogen) atoms. The van der Waals surface area contributed by atoms with Crippen LogP contribution < -0.4 is 5.32 Å². The smallest absolute Gasteiger partial charge is 0.411 e. The number of unbranched alkanes of at least 4 members (excludes halogenated alkanes) is 1. The normalized spacial score (nSPS) is 10.9. The Morgan fingerprint density at radius 3 is 2.80 bits per heavy atom. The van der Waals surface area contributed by atoms with Crippen molar-refractivity contribution in [3.63, 3.8) is 0 Å². The van der Waals surface area contributed by atoms with Crippen molar-refractivity contribution in [2.45, 2.75) is 40.0 Å². The van der Waals surface area contributed by atoms with Gasteiger partial charge in [-0.05, 0) is 36.8 Å². The van der Waals surface area contributed by atoms with Crippen LogP contribution in [0.25, 0.3) is 0 Å². The van der Waals surface area contributed by atoms with Gasteiger partial charge in [-0.1, -0.05) is 20.8 Å². The molecule has 0 saturated heterocycles. The lowest BCUT2D eigenvalue weighted by Crippen LogP contribution is -2.16. The topological polar surface area (TPSA) is 68.3 Å². The third-order valence-electron chi connectivity index (χ3n) is 2.74. The molecule has 0 fully saturated rings. The van der Waals surface area contributed by atoms with Crippen LogP contribution in [-0.4, -0.2) is 24.0 Å². The monoisotopic (exact) mass is 278 g/mol. The van der Waals surface area contributed by atoms with Crippen LogP contribution in [0.1, 0.15) is 50.5 Å². The van der Waals surface area contributed by atoms with E-state index >= 15 is 0 Å². The molecule has 1 rings (SSSR count). The summed E-state index contributed by atoms with van der Waals surface area (Å²) in [6, 6.07) is 3.25. The van der Waals surface area contributed by atoms with E-state index in [1.807, 2.05) is 0 Å². The highest BCUT2D eigenvalue weighted by Crippen LogP contribution is 2.21. The number of anilines is 1. The molecule has 0 aliphatic heterocycles. The second-order valence-corrected chi connectivity index (χ2v) is 5.83. The van der Waals surface area contributed by atoms with E-state index in [-0.39, 0.29) is 5.69 Å². The highest BCUT2D eigenvalue weighted by molar-refractivity contribution is 5.91. The summed E-state index contributed by atoms with van der Waals surface area (Å²) in [6.07, 6.45) is 4.47. The summed E-state index contributed by atoms with van der Waals surface area (Å²) < 4.78 is 5.07. The van der Waals surface area contributed by atoms with Gasteiger partial charge in [0, 0.05) is 6.20 Å². The predicted molar refractivity (Wildman–Crippen MR) is 77.9 cm³/mol. The average molecular weight is 278 g/mol. The lowest BCUT2D eigenvalue weighted by molar-refractivity contribution is 0.112. The van der Waals surface area contributed by atoms with Gasteiger partial charge in [-0.2, -0.15) is 0 Å². The first-order valence-corrected chi connectivity index (χ1v) is 6.76. The van der Waals surface area contributed by atoms with E-state index in [4.69, 9.17) is 4.74 Å². The highest BCUT2D eigenvalue weighted by atomic mass is 16.5. The minimum absolute atomic E-state index is 0.192. The van der Waals surface area contributed by atoms with E-state index in [1.165, 1.54) is 6.20 Å². The van der Waals surface area contributed by atoms with Crippen molar-refractivity contribution < 1.29 is 14.3 Å². The van der Waals surface area contributed by atoms with Crippen molar-refractivity contribution in [3.8, 4) is 0 Å². The van der Waals surface area contributed by atoms with Gasteiger partial charge in [0.2, 0.25) is 0 Å². The molecule has 0 saturated carbocycles. The number of hydrogen-bond acceptors (Lipinski definition) is 4. The molecule has 1 heterocycles. The fraction of sp³-hybridized carbons (Fsp3) is 0.533. The highest BCUT2D eigenvalue weighted by Gasteiger charge is 2.10. The van der Waals surface area contributed by atoms with E-state index in [0.29, 0.717) is 24.0 Å². The van der Waals surface area contributed by atoms with Crippen molar-refractivity contribution in [1.82, 2.24) is 4.98 Å². The summed E-state index contributed by atoms with van der Waals surface area (Å²) in [5.74, 6) is 0. The summed E-state index contributed by atoms with van der Waals surface area (Å²) >= 11 is 0. The first-order valence-electron chi connectivity index (χ1n) is 6.76. The van der Waals surface area contributed by atoms with Gasteiger partial charge in [-0.25, -0.2) is 4.79 Å². The summed E-state index contributed by atoms with van der Waals surface area (Å²) in [4.78, 5) is 26.2. The molecular formula is C15H22N2O3. The van der Waals surface area contributed by atoms with Crippen molar-refractivity contribution >= 4 is 18.1 Å². The number of hydrogen-bond donors (Lipinski definition) is 1. The van der Waals surface area contributed by atoms with E-state index in [1.54, 1.807) is 12.1 Å². The van der Waals surface area contributed by atoms with Crippen LogP contribution in [0.5, 0.6) is 0 Å². The Bertz CT molecular complexity index is 453. The Labute approximate surface area is 119 Å². The summed E-state index contributed by atoms with van der Waals surface area (Å²) in [7, 11) is 0. The number of aldehydes is 1. The molecule has 0 aliphatic carbocycles. The van der Waals surface area contributed by atoms with Gasteiger partial charge in [-0.15, -0.1) is 0 Å². The summed E-state index contributed by atoms with van der Waals surface area (Å²) in [5.41, 5.74) is 0.857. The Balaban J connectivity index is 2.29. The molecule has 0 bridgehead atoms. The minimum atomic E-state index is -0.558. The van der Waals surface area contributed by atoms with E-state index in [9.17, 15) is 9.59 Å². The third-order valence-corrected chi connectivity index (χ3v) is 2.74. The number of ether oxygens (including phenoxy) is 1. The molecule has 1 aromatic rings. The van der Waals surface area contributed by atoms with Crippen LogP contribution in [0, 0.1) is 5.41 Å². The number of amides is 1. The number of carbonyl (C=O) groups excluding carboxylic acids is 2. The van der Waals surface area contributed by atoms with E-state index in [2.05, 4.69) is 31.1 Å². The molecule has 1 amide bonds. The quantitative estimate of drug-likeness (QED) is 0.637. The van der Waals surface area contributed by atoms with Gasteiger partial charge in [0.05, 0.1) is 12.3 Å². The molecule has 0 radical (unpaired) electrons. The Morgan fingerprint density at radius 1 is 1.40 bits per heavy atom. The SMILES string of the molecule is CC(C)(C)CCCCOC(=O)Nc1cccnc1C=O. The zero-order valence-electron chi connectivity index (χ0n) is 12.3. The Morgan fingerprint density at radius 2 is 2.15 bits per heavy atom. The fourth-order valence-electron chi connectivity index (χ4n) is 1.69. The molecule has 0 unspecified atom stereocenters. The van der Waals surface area contributed by atoms with Gasteiger partial charge >= 0.3 is 6.09 Å². The number of pyridine rings is 1. The van der Waals surface area contributed by atoms with E-state index < -0.39 is 6.09 Å². The number of aromatic nitrogens is 1. The maximum Gasteiger partial charge on any atom is 0.411 e. The average Bonchev–Trinajstić information content (AvgIpc) is 2.37. The van der Waals surface area contributed by atoms with Gasteiger partial charge in [-0.3, -0.25) is 15.1 Å². The molecule has 5 heteroatoms. The maximum atomic E-state index is 11.6. The number of carbonyl (C=O) groups is 2. The van der Waals surface area contributed by atoms with Crippen LogP contribution in [0.3, 0.4) is 0 Å². The first-order chi connectivity index (χ1) is 9.42. The molecule has 0 aliphatic rings. The predicted octanol–water partition coefficient (Wildman–Crippen LogP) is 3.66. The van der Waals surface area contributed by atoms with Crippen LogP contribution in [0.4, 0.5) is 10.5 Å². The van der Waals surface area contributed by atoms with Crippen molar-refractivity contribution in [2.75, 3.05) is 11.9 Å². The third kappa shape index (κ3) is 6.31. The van der Waals surface area contributed by atoms with Gasteiger partial charge in [0.15, 0.2) is 6.29 Å². The van der Waals surface area contributed by atoms with Crippen molar-refractivity contribution in [3.05, 3.63) is 24.0 Å². The Kier molecular flexibility index (Phi) is 6.15. The summed E-state index contributed by atoms with van der Waals surface area (Å²) in [5, 5.41) is 2.51. The van der Waals surface area contributed by atoms with Crippen LogP contribution in [0.15, 0.2) is 18.3 Å². The van der Waals surface area contributed by atoms with Crippen LogP contribution in [-0.2, 0) is 4.74 Å². The van der Waals surface area contributed by atoms with Crippen molar-refractivity contribution in [2.24, 2.45) is 5.41 Å². The zero-order valence-corrected chi connectivity index (χ0v) is 12.3. The lowest BCUT2D eigenvalue weighted by atomic mass is 9.90. The molecule has 0 atom stereocenters. The fourth-order valence-corrected chi connectivity index (χ4v) is 1.69. The molecule has 5 nitrogen and oxygen atoms in total. The Hall–Kier alpha value is -1.91.